The number of ether oxygens (including phenoxy) is 1. The summed E-state index contributed by atoms with van der Waals surface area (Å²) >= 11 is 0. The Kier molecular flexibility index (Phi) is 4.04. The number of aromatic nitrogens is 1. The number of benzene rings is 2. The molecule has 0 fully saturated rings. The molecule has 0 spiro atoms. The summed E-state index contributed by atoms with van der Waals surface area (Å²) in [6.45, 7) is 1.36. The molecule has 3 aromatic rings. The molecule has 0 unspecified atom stereocenters. The van der Waals surface area contributed by atoms with Gasteiger partial charge in [0, 0.05) is 17.1 Å². The molecular weight excluding hydrogens is 354 g/mol. The normalized spacial score (nSPS) is 16.7. The Morgan fingerprint density at radius 1 is 1.22 bits per heavy atom. The zero-order chi connectivity index (χ0) is 19.2. The van der Waals surface area contributed by atoms with Gasteiger partial charge in [-0.05, 0) is 30.7 Å². The highest BCUT2D eigenvalue weighted by molar-refractivity contribution is 6.01. The van der Waals surface area contributed by atoms with Crippen molar-refractivity contribution in [3.63, 3.8) is 0 Å². The maximum Gasteiger partial charge on any atom is 0.483 e. The zero-order valence-corrected chi connectivity index (χ0v) is 14.4. The number of aliphatic hydroxyl groups is 1. The van der Waals surface area contributed by atoms with Gasteiger partial charge >= 0.3 is 12.0 Å². The van der Waals surface area contributed by atoms with Gasteiger partial charge in [0.25, 0.3) is 0 Å². The Morgan fingerprint density at radius 2 is 2.00 bits per heavy atom. The van der Waals surface area contributed by atoms with Crippen LogP contribution in [0, 0.1) is 0 Å². The first kappa shape index (κ1) is 17.4. The molecule has 2 heterocycles. The number of aliphatic hydroxyl groups excluding tert-OH is 1. The fraction of sp³-hybridized carbons (Fsp3) is 0.200. The minimum absolute atomic E-state index is 0.0914. The average Bonchev–Trinajstić information content (AvgIpc) is 2.64. The first-order valence-electron chi connectivity index (χ1n) is 8.40. The monoisotopic (exact) mass is 370 g/mol. The van der Waals surface area contributed by atoms with E-state index in [1.165, 1.54) is 19.1 Å². The number of hydrogen-bond acceptors (Lipinski definition) is 4. The average molecular weight is 370 g/mol. The van der Waals surface area contributed by atoms with Gasteiger partial charge in [-0.15, -0.1) is 0 Å². The predicted molar refractivity (Wildman–Crippen MR) is 95.6 cm³/mol. The molecule has 4 rings (SSSR count). The van der Waals surface area contributed by atoms with E-state index >= 15 is 0 Å². The number of fused-ring (bicyclic) bond motifs is 2. The first-order chi connectivity index (χ1) is 12.9. The van der Waals surface area contributed by atoms with Gasteiger partial charge in [0.2, 0.25) is 0 Å². The number of rotatable bonds is 3. The highest BCUT2D eigenvalue weighted by Crippen LogP contribution is 2.44. The number of anilines is 1. The Morgan fingerprint density at radius 3 is 2.78 bits per heavy atom. The molecule has 27 heavy (non-hydrogen) atoms. The van der Waals surface area contributed by atoms with Crippen molar-refractivity contribution in [1.82, 2.24) is 4.98 Å². The van der Waals surface area contributed by atoms with Crippen molar-refractivity contribution in [3.05, 3.63) is 65.9 Å². The predicted octanol–water partition coefficient (Wildman–Crippen LogP) is 3.81. The Balaban J connectivity index is 1.79. The van der Waals surface area contributed by atoms with Crippen molar-refractivity contribution in [2.45, 2.75) is 25.7 Å². The van der Waals surface area contributed by atoms with Crippen LogP contribution in [0.3, 0.4) is 0 Å². The summed E-state index contributed by atoms with van der Waals surface area (Å²) < 4.78 is 33.1. The molecule has 1 amide bonds. The van der Waals surface area contributed by atoms with Gasteiger partial charge in [-0.2, -0.15) is 8.78 Å². The summed E-state index contributed by atoms with van der Waals surface area (Å²) in [5, 5.41) is 10.7. The van der Waals surface area contributed by atoms with E-state index in [-0.39, 0.29) is 23.5 Å². The Labute approximate surface area is 153 Å². The van der Waals surface area contributed by atoms with Crippen LogP contribution >= 0.6 is 0 Å². The number of alkyl halides is 2. The third kappa shape index (κ3) is 3.00. The molecular formula is C20H16F2N2O3. The molecule has 138 valence electrons. The number of para-hydroxylation sites is 2. The zero-order valence-electron chi connectivity index (χ0n) is 14.4. The number of pyridine rings is 1. The van der Waals surface area contributed by atoms with Crippen molar-refractivity contribution in [1.29, 1.82) is 0 Å². The van der Waals surface area contributed by atoms with E-state index in [9.17, 15) is 18.7 Å². The van der Waals surface area contributed by atoms with E-state index in [0.29, 0.717) is 5.56 Å². The standard InChI is InChI=1S/C20H16F2N2O3/c1-12(25)15-6-4-8-17-18(15)27-20(21,22)19(26)24(17)11-13-9-14-5-2-3-7-16(14)23-10-13/h2-10,12,25H,11H2,1H3/t12-/m1/s1. The van der Waals surface area contributed by atoms with Crippen LogP contribution in [0.5, 0.6) is 5.75 Å². The highest BCUT2D eigenvalue weighted by atomic mass is 19.3. The molecule has 1 aliphatic heterocycles. The molecule has 0 saturated carbocycles. The van der Waals surface area contributed by atoms with E-state index in [2.05, 4.69) is 9.72 Å². The van der Waals surface area contributed by atoms with E-state index < -0.39 is 18.1 Å². The van der Waals surface area contributed by atoms with Crippen LogP contribution in [0.15, 0.2) is 54.7 Å². The van der Waals surface area contributed by atoms with Gasteiger partial charge in [-0.1, -0.05) is 30.3 Å². The van der Waals surface area contributed by atoms with Crippen molar-refractivity contribution in [3.8, 4) is 5.75 Å². The number of hydrogen-bond donors (Lipinski definition) is 1. The van der Waals surface area contributed by atoms with Crippen molar-refractivity contribution >= 4 is 22.5 Å². The summed E-state index contributed by atoms with van der Waals surface area (Å²) in [5.74, 6) is -1.64. The van der Waals surface area contributed by atoms with E-state index in [1.807, 2.05) is 24.3 Å². The lowest BCUT2D eigenvalue weighted by Crippen LogP contribution is -2.50. The number of halogens is 2. The van der Waals surface area contributed by atoms with Crippen LogP contribution < -0.4 is 9.64 Å². The fourth-order valence-electron chi connectivity index (χ4n) is 3.18. The summed E-state index contributed by atoms with van der Waals surface area (Å²) in [6.07, 6.45) is -3.47. The number of carbonyl (C=O) groups is 1. The molecule has 1 N–H and O–H groups in total. The maximum atomic E-state index is 14.2. The van der Waals surface area contributed by atoms with Crippen LogP contribution in [0.25, 0.3) is 10.9 Å². The third-order valence-electron chi connectivity index (χ3n) is 4.48. The SMILES string of the molecule is C[C@@H](O)c1cccc2c1OC(F)(F)C(=O)N2Cc1cnc2ccccc2c1. The molecule has 1 aromatic heterocycles. The molecule has 0 radical (unpaired) electrons. The van der Waals surface area contributed by atoms with Crippen LogP contribution in [-0.2, 0) is 11.3 Å². The summed E-state index contributed by atoms with van der Waals surface area (Å²) in [5.41, 5.74) is 1.77. The minimum Gasteiger partial charge on any atom is -0.423 e. The lowest BCUT2D eigenvalue weighted by atomic mass is 10.1. The lowest BCUT2D eigenvalue weighted by molar-refractivity contribution is -0.193. The molecule has 1 aliphatic rings. The molecule has 0 saturated heterocycles. The van der Waals surface area contributed by atoms with Crippen molar-refractivity contribution in [2.75, 3.05) is 4.90 Å². The molecule has 0 bridgehead atoms. The number of nitrogens with zero attached hydrogens (tertiary/aromatic N) is 2. The molecule has 1 atom stereocenters. The molecule has 5 nitrogen and oxygen atoms in total. The summed E-state index contributed by atoms with van der Waals surface area (Å²) in [4.78, 5) is 17.6. The second-order valence-corrected chi connectivity index (χ2v) is 6.42. The van der Waals surface area contributed by atoms with Crippen LogP contribution in [0.2, 0.25) is 0 Å². The lowest BCUT2D eigenvalue weighted by Gasteiger charge is -2.35. The third-order valence-corrected chi connectivity index (χ3v) is 4.48. The van der Waals surface area contributed by atoms with E-state index in [1.54, 1.807) is 18.3 Å². The Hall–Kier alpha value is -3.06. The number of amides is 1. The van der Waals surface area contributed by atoms with Crippen LogP contribution in [0.1, 0.15) is 24.2 Å². The highest BCUT2D eigenvalue weighted by Gasteiger charge is 2.51. The minimum atomic E-state index is -4.01. The Bertz CT molecular complexity index is 1040. The largest absolute Gasteiger partial charge is 0.483 e. The molecule has 2 aromatic carbocycles. The van der Waals surface area contributed by atoms with Crippen molar-refractivity contribution < 1.29 is 23.4 Å². The topological polar surface area (TPSA) is 62.7 Å². The van der Waals surface area contributed by atoms with Gasteiger partial charge in [0.1, 0.15) is 0 Å². The van der Waals surface area contributed by atoms with E-state index in [0.717, 1.165) is 15.8 Å². The quantitative estimate of drug-likeness (QED) is 0.762. The van der Waals surface area contributed by atoms with Gasteiger partial charge in [0.15, 0.2) is 5.75 Å². The van der Waals surface area contributed by atoms with Crippen LogP contribution in [-0.4, -0.2) is 22.1 Å². The summed E-state index contributed by atoms with van der Waals surface area (Å²) in [7, 11) is 0. The van der Waals surface area contributed by atoms with Gasteiger partial charge in [0.05, 0.1) is 23.9 Å². The van der Waals surface area contributed by atoms with E-state index in [4.69, 9.17) is 0 Å². The second kappa shape index (κ2) is 6.28. The molecule has 7 heteroatoms. The number of carbonyl (C=O) groups excluding carboxylic acids is 1. The van der Waals surface area contributed by atoms with Crippen molar-refractivity contribution in [2.24, 2.45) is 0 Å². The van der Waals surface area contributed by atoms with Crippen LogP contribution in [0.4, 0.5) is 14.5 Å². The first-order valence-corrected chi connectivity index (χ1v) is 8.40. The second-order valence-electron chi connectivity index (χ2n) is 6.42. The fourth-order valence-corrected chi connectivity index (χ4v) is 3.18. The van der Waals surface area contributed by atoms with Gasteiger partial charge in [-0.25, -0.2) is 0 Å². The molecule has 0 aliphatic carbocycles. The van der Waals surface area contributed by atoms with Gasteiger partial charge in [-0.3, -0.25) is 14.7 Å². The maximum absolute atomic E-state index is 14.2. The smallest absolute Gasteiger partial charge is 0.423 e. The van der Waals surface area contributed by atoms with Gasteiger partial charge < -0.3 is 9.84 Å². The summed E-state index contributed by atoms with van der Waals surface area (Å²) in [6, 6.07) is 13.8.